The van der Waals surface area contributed by atoms with Gasteiger partial charge in [0.1, 0.15) is 0 Å². The number of hydrogen-bond donors (Lipinski definition) is 1. The Morgan fingerprint density at radius 1 is 1.03 bits per heavy atom. The maximum Gasteiger partial charge on any atom is 0.221 e. The third-order valence-corrected chi connectivity index (χ3v) is 6.32. The van der Waals surface area contributed by atoms with Gasteiger partial charge in [-0.2, -0.15) is 5.10 Å². The first-order chi connectivity index (χ1) is 17.7. The Bertz CT molecular complexity index is 1470. The Labute approximate surface area is 207 Å². The number of nitrogens with zero attached hydrogens (tertiary/aromatic N) is 9. The van der Waals surface area contributed by atoms with Crippen molar-refractivity contribution in [2.45, 2.75) is 19.4 Å². The Hall–Kier alpha value is -4.25. The van der Waals surface area contributed by atoms with Gasteiger partial charge in [-0.05, 0) is 43.5 Å². The maximum absolute atomic E-state index is 5.92. The molecule has 1 fully saturated rings. The van der Waals surface area contributed by atoms with Crippen LogP contribution in [0.2, 0.25) is 0 Å². The lowest BCUT2D eigenvalue weighted by Gasteiger charge is -2.22. The highest BCUT2D eigenvalue weighted by molar-refractivity contribution is 5.69. The zero-order valence-corrected chi connectivity index (χ0v) is 19.9. The van der Waals surface area contributed by atoms with Gasteiger partial charge in [0.2, 0.25) is 5.65 Å². The van der Waals surface area contributed by atoms with Crippen LogP contribution in [0.4, 0.5) is 0 Å². The minimum Gasteiger partial charge on any atom is -0.490 e. The summed E-state index contributed by atoms with van der Waals surface area (Å²) in [6.07, 6.45) is 11.1. The zero-order valence-electron chi connectivity index (χ0n) is 19.9. The predicted molar refractivity (Wildman–Crippen MR) is 133 cm³/mol. The van der Waals surface area contributed by atoms with Gasteiger partial charge in [0, 0.05) is 24.4 Å². The molecule has 0 bridgehead atoms. The summed E-state index contributed by atoms with van der Waals surface area (Å²) >= 11 is 0. The fourth-order valence-corrected chi connectivity index (χ4v) is 4.34. The molecular weight excluding hydrogens is 456 g/mol. The first-order valence-corrected chi connectivity index (χ1v) is 12.0. The number of hydrogen-bond acceptors (Lipinski definition) is 9. The molecule has 1 aliphatic rings. The summed E-state index contributed by atoms with van der Waals surface area (Å²) < 4.78 is 9.41. The smallest absolute Gasteiger partial charge is 0.221 e. The molecule has 1 saturated heterocycles. The van der Waals surface area contributed by atoms with Gasteiger partial charge in [-0.25, -0.2) is 24.6 Å². The molecule has 5 heterocycles. The van der Waals surface area contributed by atoms with Gasteiger partial charge in [0.05, 0.1) is 43.6 Å². The lowest BCUT2D eigenvalue weighted by atomic mass is 9.99. The molecule has 1 aliphatic heterocycles. The summed E-state index contributed by atoms with van der Waals surface area (Å²) in [6, 6.07) is 8.07. The Morgan fingerprint density at radius 3 is 2.69 bits per heavy atom. The number of rotatable bonds is 7. The minimum absolute atomic E-state index is 0.493. The van der Waals surface area contributed by atoms with Gasteiger partial charge in [0.15, 0.2) is 17.2 Å². The third kappa shape index (κ3) is 4.78. The van der Waals surface area contributed by atoms with E-state index in [2.05, 4.69) is 41.7 Å². The fourth-order valence-electron chi connectivity index (χ4n) is 4.34. The van der Waals surface area contributed by atoms with Crippen molar-refractivity contribution in [1.29, 1.82) is 0 Å². The summed E-state index contributed by atoms with van der Waals surface area (Å²) in [7, 11) is 1.87. The van der Waals surface area contributed by atoms with Gasteiger partial charge in [-0.3, -0.25) is 4.68 Å². The van der Waals surface area contributed by atoms with E-state index in [9.17, 15) is 0 Å². The molecule has 182 valence electrons. The molecule has 0 unspecified atom stereocenters. The van der Waals surface area contributed by atoms with Gasteiger partial charge < -0.3 is 10.1 Å². The number of aromatic nitrogens is 9. The van der Waals surface area contributed by atoms with Crippen LogP contribution in [0, 0.1) is 5.92 Å². The third-order valence-electron chi connectivity index (χ3n) is 6.32. The maximum atomic E-state index is 5.92. The van der Waals surface area contributed by atoms with Crippen LogP contribution in [0.15, 0.2) is 55.2 Å². The molecule has 5 aromatic rings. The lowest BCUT2D eigenvalue weighted by molar-refractivity contribution is 0.214. The summed E-state index contributed by atoms with van der Waals surface area (Å²) in [4.78, 5) is 18.2. The first kappa shape index (κ1) is 22.2. The highest BCUT2D eigenvalue weighted by Gasteiger charge is 2.14. The molecule has 11 nitrogen and oxygen atoms in total. The summed E-state index contributed by atoms with van der Waals surface area (Å²) in [5, 5.41) is 16.0. The van der Waals surface area contributed by atoms with Crippen LogP contribution < -0.4 is 10.1 Å². The largest absolute Gasteiger partial charge is 0.490 e. The first-order valence-electron chi connectivity index (χ1n) is 12.0. The average Bonchev–Trinajstić information content (AvgIpc) is 3.54. The van der Waals surface area contributed by atoms with Crippen molar-refractivity contribution in [2.24, 2.45) is 13.0 Å². The van der Waals surface area contributed by atoms with Crippen molar-refractivity contribution in [3.63, 3.8) is 0 Å². The molecular formula is C25H26N10O. The van der Waals surface area contributed by atoms with Crippen LogP contribution in [-0.2, 0) is 13.6 Å². The molecule has 1 N–H and O–H groups in total. The van der Waals surface area contributed by atoms with E-state index in [0.29, 0.717) is 41.9 Å². The van der Waals surface area contributed by atoms with Crippen LogP contribution in [0.1, 0.15) is 18.4 Å². The summed E-state index contributed by atoms with van der Waals surface area (Å²) in [5.41, 5.74) is 4.69. The molecule has 4 aromatic heterocycles. The Balaban J connectivity index is 1.18. The van der Waals surface area contributed by atoms with E-state index in [1.54, 1.807) is 34.2 Å². The molecule has 0 radical (unpaired) electrons. The van der Waals surface area contributed by atoms with Crippen LogP contribution in [0.5, 0.6) is 5.75 Å². The molecule has 0 atom stereocenters. The second kappa shape index (κ2) is 9.78. The highest BCUT2D eigenvalue weighted by Crippen LogP contribution is 2.21. The van der Waals surface area contributed by atoms with Gasteiger partial charge in [-0.15, -0.1) is 5.10 Å². The summed E-state index contributed by atoms with van der Waals surface area (Å²) in [5.74, 6) is 1.93. The SMILES string of the molecule is Cn1cc(-c2cnc3nnn(Cc4cccc(-c5ncc(OCC6CCNCC6)cn5)c4)c3n2)cn1. The number of aryl methyl sites for hydroxylation is 1. The van der Waals surface area contributed by atoms with Crippen molar-refractivity contribution in [3.8, 4) is 28.4 Å². The van der Waals surface area contributed by atoms with Gasteiger partial charge in [-0.1, -0.05) is 23.4 Å². The van der Waals surface area contributed by atoms with Gasteiger partial charge in [0.25, 0.3) is 0 Å². The van der Waals surface area contributed by atoms with Crippen molar-refractivity contribution >= 4 is 11.3 Å². The second-order valence-electron chi connectivity index (χ2n) is 9.00. The molecule has 6 rings (SSSR count). The normalized spacial score (nSPS) is 14.4. The number of nitrogens with one attached hydrogen (secondary N) is 1. The van der Waals surface area contributed by atoms with Crippen LogP contribution in [-0.4, -0.2) is 64.4 Å². The van der Waals surface area contributed by atoms with Crippen LogP contribution in [0.3, 0.4) is 0 Å². The van der Waals surface area contributed by atoms with Crippen molar-refractivity contribution in [2.75, 3.05) is 19.7 Å². The van der Waals surface area contributed by atoms with Crippen molar-refractivity contribution in [1.82, 2.24) is 50.0 Å². The topological polar surface area (TPSA) is 121 Å². The average molecular weight is 483 g/mol. The quantitative estimate of drug-likeness (QED) is 0.373. The number of piperidine rings is 1. The van der Waals surface area contributed by atoms with E-state index < -0.39 is 0 Å². The molecule has 0 aliphatic carbocycles. The van der Waals surface area contributed by atoms with Crippen LogP contribution >= 0.6 is 0 Å². The standard InChI is InChI=1S/C25H26N10O/c1-34-15-20(10-30-34)22-13-29-24-25(31-22)35(33-32-24)14-18-3-2-4-19(9-18)23-27-11-21(12-28-23)36-16-17-5-7-26-8-6-17/h2-4,9-13,15,17,26H,5-8,14,16H2,1H3. The van der Waals surface area contributed by atoms with Crippen LogP contribution in [0.25, 0.3) is 33.9 Å². The highest BCUT2D eigenvalue weighted by atomic mass is 16.5. The number of fused-ring (bicyclic) bond motifs is 1. The fraction of sp³-hybridized carbons (Fsp3) is 0.320. The Morgan fingerprint density at radius 2 is 1.89 bits per heavy atom. The van der Waals surface area contributed by atoms with E-state index in [1.165, 1.54) is 0 Å². The molecule has 36 heavy (non-hydrogen) atoms. The number of benzene rings is 1. The summed E-state index contributed by atoms with van der Waals surface area (Å²) in [6.45, 7) is 3.31. The predicted octanol–water partition coefficient (Wildman–Crippen LogP) is 2.51. The molecule has 0 spiro atoms. The van der Waals surface area contributed by atoms with Crippen molar-refractivity contribution < 1.29 is 4.74 Å². The van der Waals surface area contributed by atoms with Gasteiger partial charge >= 0.3 is 0 Å². The van der Waals surface area contributed by atoms with E-state index >= 15 is 0 Å². The molecule has 11 heteroatoms. The number of ether oxygens (including phenoxy) is 1. The van der Waals surface area contributed by atoms with Crippen molar-refractivity contribution in [3.05, 3.63) is 60.8 Å². The second-order valence-corrected chi connectivity index (χ2v) is 9.00. The Kier molecular flexibility index (Phi) is 6.04. The van der Waals surface area contributed by atoms with E-state index in [0.717, 1.165) is 48.3 Å². The minimum atomic E-state index is 0.493. The molecule has 0 saturated carbocycles. The molecule has 1 aromatic carbocycles. The monoisotopic (exact) mass is 482 g/mol. The van der Waals surface area contributed by atoms with E-state index in [4.69, 9.17) is 9.72 Å². The molecule has 0 amide bonds. The van der Waals surface area contributed by atoms with E-state index in [-0.39, 0.29) is 0 Å². The zero-order chi connectivity index (χ0) is 24.3. The van der Waals surface area contributed by atoms with E-state index in [1.807, 2.05) is 31.4 Å². The lowest BCUT2D eigenvalue weighted by Crippen LogP contribution is -2.30.